The summed E-state index contributed by atoms with van der Waals surface area (Å²) in [7, 11) is -4.02. The highest BCUT2D eigenvalue weighted by Crippen LogP contribution is 2.32. The average Bonchev–Trinajstić information content (AvgIpc) is 2.61. The number of carbonyl (C=O) groups is 1. The van der Waals surface area contributed by atoms with E-state index in [4.69, 9.17) is 0 Å². The largest absolute Gasteiger partial charge is 0.433 e. The topological polar surface area (TPSA) is 75.7 Å². The highest BCUT2D eigenvalue weighted by molar-refractivity contribution is 7.92. The van der Waals surface area contributed by atoms with E-state index in [0.717, 1.165) is 12.0 Å². The summed E-state index contributed by atoms with van der Waals surface area (Å²) in [5.74, 6) is -0.375. The van der Waals surface area contributed by atoms with E-state index in [1.165, 1.54) is 43.3 Å². The summed E-state index contributed by atoms with van der Waals surface area (Å²) in [5.41, 5.74) is 1.35. The zero-order valence-corrected chi connectivity index (χ0v) is 15.3. The molecule has 0 saturated heterocycles. The number of halogens is 2. The van der Waals surface area contributed by atoms with Crippen molar-refractivity contribution in [1.29, 1.82) is 0 Å². The van der Waals surface area contributed by atoms with Crippen LogP contribution in [0.1, 0.15) is 18.9 Å². The first-order valence-corrected chi connectivity index (χ1v) is 9.74. The van der Waals surface area contributed by atoms with E-state index in [2.05, 4.69) is 9.46 Å². The minimum absolute atomic E-state index is 0.0153. The Balaban J connectivity index is 1.92. The van der Waals surface area contributed by atoms with Crippen LogP contribution in [0.15, 0.2) is 47.4 Å². The van der Waals surface area contributed by atoms with Gasteiger partial charge in [0.05, 0.1) is 10.6 Å². The maximum absolute atomic E-state index is 12.7. The van der Waals surface area contributed by atoms with E-state index in [1.807, 2.05) is 0 Å². The average molecular weight is 396 g/mol. The number of benzene rings is 2. The molecular formula is C18H18F2N2O4S. The maximum Gasteiger partial charge on any atom is 0.387 e. The van der Waals surface area contributed by atoms with E-state index in [1.54, 1.807) is 11.0 Å². The molecule has 1 heterocycles. The second kappa shape index (κ2) is 7.51. The summed E-state index contributed by atoms with van der Waals surface area (Å²) in [4.78, 5) is 13.3. The molecule has 27 heavy (non-hydrogen) atoms. The lowest BCUT2D eigenvalue weighted by molar-refractivity contribution is -0.116. The Bertz CT molecular complexity index is 964. The Morgan fingerprint density at radius 1 is 1.22 bits per heavy atom. The smallest absolute Gasteiger partial charge is 0.387 e. The van der Waals surface area contributed by atoms with Crippen LogP contribution in [0.4, 0.5) is 20.2 Å². The zero-order chi connectivity index (χ0) is 19.6. The molecule has 0 radical (unpaired) electrons. The first kappa shape index (κ1) is 19.1. The minimum atomic E-state index is -4.02. The number of anilines is 2. The van der Waals surface area contributed by atoms with Crippen molar-refractivity contribution < 1.29 is 26.7 Å². The van der Waals surface area contributed by atoms with Crippen molar-refractivity contribution in [3.05, 3.63) is 48.0 Å². The third kappa shape index (κ3) is 4.19. The van der Waals surface area contributed by atoms with E-state index in [9.17, 15) is 22.0 Å². The van der Waals surface area contributed by atoms with Crippen molar-refractivity contribution in [3.63, 3.8) is 0 Å². The third-order valence-corrected chi connectivity index (χ3v) is 5.57. The van der Waals surface area contributed by atoms with Crippen LogP contribution in [0, 0.1) is 0 Å². The van der Waals surface area contributed by atoms with Crippen LogP contribution in [-0.4, -0.2) is 27.5 Å². The van der Waals surface area contributed by atoms with Gasteiger partial charge in [0, 0.05) is 19.2 Å². The molecule has 0 spiro atoms. The molecule has 2 aromatic carbocycles. The normalized spacial score (nSPS) is 14.0. The van der Waals surface area contributed by atoms with E-state index in [0.29, 0.717) is 18.7 Å². The Morgan fingerprint density at radius 3 is 2.67 bits per heavy atom. The quantitative estimate of drug-likeness (QED) is 0.841. The van der Waals surface area contributed by atoms with Gasteiger partial charge in [-0.05, 0) is 48.7 Å². The lowest BCUT2D eigenvalue weighted by Crippen LogP contribution is -2.33. The summed E-state index contributed by atoms with van der Waals surface area (Å²) in [5, 5.41) is 0. The van der Waals surface area contributed by atoms with Gasteiger partial charge in [0.15, 0.2) is 0 Å². The molecule has 1 aliphatic rings. The summed E-state index contributed by atoms with van der Waals surface area (Å²) < 4.78 is 57.1. The summed E-state index contributed by atoms with van der Waals surface area (Å²) in [6.45, 7) is -1.02. The van der Waals surface area contributed by atoms with Gasteiger partial charge in [0.25, 0.3) is 10.0 Å². The van der Waals surface area contributed by atoms with Crippen molar-refractivity contribution in [1.82, 2.24) is 0 Å². The molecule has 0 aliphatic carbocycles. The summed E-state index contributed by atoms with van der Waals surface area (Å²) in [6.07, 6.45) is 1.38. The van der Waals surface area contributed by atoms with Gasteiger partial charge >= 0.3 is 6.61 Å². The molecule has 0 unspecified atom stereocenters. The van der Waals surface area contributed by atoms with Gasteiger partial charge in [-0.2, -0.15) is 8.78 Å². The Labute approximate surface area is 155 Å². The number of carbonyl (C=O) groups excluding carboxylic acids is 1. The molecule has 2 aromatic rings. The van der Waals surface area contributed by atoms with Gasteiger partial charge in [0.2, 0.25) is 5.91 Å². The highest BCUT2D eigenvalue weighted by atomic mass is 32.2. The molecule has 144 valence electrons. The van der Waals surface area contributed by atoms with Gasteiger partial charge in [-0.1, -0.05) is 12.1 Å². The molecule has 0 aromatic heterocycles. The van der Waals surface area contributed by atoms with Crippen LogP contribution < -0.4 is 14.4 Å². The van der Waals surface area contributed by atoms with Gasteiger partial charge in [-0.3, -0.25) is 9.52 Å². The fourth-order valence-electron chi connectivity index (χ4n) is 3.02. The zero-order valence-electron chi connectivity index (χ0n) is 14.5. The number of para-hydroxylation sites is 2. The Kier molecular flexibility index (Phi) is 5.31. The van der Waals surface area contributed by atoms with Gasteiger partial charge < -0.3 is 9.64 Å². The molecule has 1 N–H and O–H groups in total. The predicted octanol–water partition coefficient (Wildman–Crippen LogP) is 3.39. The predicted molar refractivity (Wildman–Crippen MR) is 96.7 cm³/mol. The van der Waals surface area contributed by atoms with Crippen molar-refractivity contribution in [2.24, 2.45) is 0 Å². The number of hydrogen-bond acceptors (Lipinski definition) is 4. The first-order chi connectivity index (χ1) is 12.8. The number of nitrogens with zero attached hydrogens (tertiary/aromatic N) is 1. The van der Waals surface area contributed by atoms with E-state index >= 15 is 0 Å². The SMILES string of the molecule is CC(=O)N1CCCc2cc(S(=O)(=O)Nc3ccccc3OC(F)F)ccc21. The number of amides is 1. The Hall–Kier alpha value is -2.68. The number of alkyl halides is 2. The van der Waals surface area contributed by atoms with Crippen molar-refractivity contribution in [2.45, 2.75) is 31.3 Å². The molecule has 0 fully saturated rings. The number of hydrogen-bond donors (Lipinski definition) is 1. The fourth-order valence-corrected chi connectivity index (χ4v) is 4.14. The van der Waals surface area contributed by atoms with Crippen molar-refractivity contribution in [2.75, 3.05) is 16.2 Å². The van der Waals surface area contributed by atoms with Crippen molar-refractivity contribution in [3.8, 4) is 5.75 Å². The van der Waals surface area contributed by atoms with Gasteiger partial charge in [0.1, 0.15) is 5.75 Å². The molecule has 9 heteroatoms. The molecule has 3 rings (SSSR count). The van der Waals surface area contributed by atoms with Gasteiger partial charge in [-0.15, -0.1) is 0 Å². The van der Waals surface area contributed by atoms with Crippen molar-refractivity contribution >= 4 is 27.3 Å². The molecular weight excluding hydrogens is 378 g/mol. The molecule has 0 bridgehead atoms. The summed E-state index contributed by atoms with van der Waals surface area (Å²) >= 11 is 0. The van der Waals surface area contributed by atoms with Crippen LogP contribution in [-0.2, 0) is 21.2 Å². The van der Waals surface area contributed by atoms with Crippen LogP contribution in [0.2, 0.25) is 0 Å². The van der Waals surface area contributed by atoms with Gasteiger partial charge in [-0.25, -0.2) is 8.42 Å². The lowest BCUT2D eigenvalue weighted by atomic mass is 10.0. The fraction of sp³-hybridized carbons (Fsp3) is 0.278. The van der Waals surface area contributed by atoms with Crippen LogP contribution in [0.25, 0.3) is 0 Å². The van der Waals surface area contributed by atoms with E-state index in [-0.39, 0.29) is 22.2 Å². The van der Waals surface area contributed by atoms with Crippen LogP contribution in [0.5, 0.6) is 5.75 Å². The maximum atomic E-state index is 12.7. The number of aryl methyl sites for hydroxylation is 1. The number of rotatable bonds is 5. The molecule has 1 amide bonds. The highest BCUT2D eigenvalue weighted by Gasteiger charge is 2.24. The second-order valence-corrected chi connectivity index (χ2v) is 7.73. The number of ether oxygens (including phenoxy) is 1. The number of fused-ring (bicyclic) bond motifs is 1. The minimum Gasteiger partial charge on any atom is -0.433 e. The molecule has 0 saturated carbocycles. The number of nitrogens with one attached hydrogen (secondary N) is 1. The van der Waals surface area contributed by atoms with E-state index < -0.39 is 16.6 Å². The Morgan fingerprint density at radius 2 is 1.96 bits per heavy atom. The number of sulfonamides is 1. The monoisotopic (exact) mass is 396 g/mol. The second-order valence-electron chi connectivity index (χ2n) is 6.04. The standard InChI is InChI=1S/C18H18F2N2O4S/c1-12(23)22-10-4-5-13-11-14(8-9-16(13)22)27(24,25)21-15-6-2-3-7-17(15)26-18(19)20/h2-3,6-9,11,18,21H,4-5,10H2,1H3. The molecule has 6 nitrogen and oxygen atoms in total. The lowest BCUT2D eigenvalue weighted by Gasteiger charge is -2.28. The molecule has 0 atom stereocenters. The van der Waals surface area contributed by atoms with Crippen LogP contribution >= 0.6 is 0 Å². The van der Waals surface area contributed by atoms with Crippen LogP contribution in [0.3, 0.4) is 0 Å². The first-order valence-electron chi connectivity index (χ1n) is 8.25. The third-order valence-electron chi connectivity index (χ3n) is 4.21. The molecule has 1 aliphatic heterocycles. The summed E-state index contributed by atoms with van der Waals surface area (Å²) in [6, 6.07) is 10.0.